The first-order valence-corrected chi connectivity index (χ1v) is 6.13. The topological polar surface area (TPSA) is 102 Å². The molecule has 2 amide bonds. The molecular weight excluding hydrogens is 252 g/mol. The van der Waals surface area contributed by atoms with Gasteiger partial charge in [0.1, 0.15) is 5.25 Å². The van der Waals surface area contributed by atoms with Gasteiger partial charge in [-0.15, -0.1) is 0 Å². The Morgan fingerprint density at radius 3 is 2.61 bits per heavy atom. The second-order valence-corrected chi connectivity index (χ2v) is 4.90. The molecule has 1 aliphatic heterocycles. The highest BCUT2D eigenvalue weighted by atomic mass is 32.2. The highest BCUT2D eigenvalue weighted by Crippen LogP contribution is 2.29. The lowest BCUT2D eigenvalue weighted by Crippen LogP contribution is -2.31. The molecule has 18 heavy (non-hydrogen) atoms. The SMILES string of the molecule is NN=C(N)SC1CC(=O)N(c2ccccc2)C1=O. The van der Waals surface area contributed by atoms with Gasteiger partial charge in [0.05, 0.1) is 5.69 Å². The quantitative estimate of drug-likeness (QED) is 0.262. The molecule has 0 radical (unpaired) electrons. The number of benzene rings is 1. The highest BCUT2D eigenvalue weighted by Gasteiger charge is 2.40. The molecule has 7 heteroatoms. The Hall–Kier alpha value is -2.02. The maximum atomic E-state index is 12.1. The van der Waals surface area contributed by atoms with Crippen LogP contribution in [0.15, 0.2) is 35.4 Å². The monoisotopic (exact) mass is 264 g/mol. The van der Waals surface area contributed by atoms with Gasteiger partial charge < -0.3 is 11.6 Å². The van der Waals surface area contributed by atoms with E-state index < -0.39 is 5.25 Å². The van der Waals surface area contributed by atoms with Crippen molar-refractivity contribution in [2.24, 2.45) is 16.7 Å². The van der Waals surface area contributed by atoms with Crippen LogP contribution in [0, 0.1) is 0 Å². The minimum atomic E-state index is -0.551. The Bertz CT molecular complexity index is 503. The van der Waals surface area contributed by atoms with Crippen LogP contribution >= 0.6 is 11.8 Å². The highest BCUT2D eigenvalue weighted by molar-refractivity contribution is 8.14. The third kappa shape index (κ3) is 2.30. The van der Waals surface area contributed by atoms with Crippen LogP contribution in [0.1, 0.15) is 6.42 Å². The van der Waals surface area contributed by atoms with Crippen molar-refractivity contribution >= 4 is 34.4 Å². The average molecular weight is 264 g/mol. The number of nitrogens with two attached hydrogens (primary N) is 2. The third-order valence-corrected chi connectivity index (χ3v) is 3.51. The normalized spacial score (nSPS) is 20.6. The summed E-state index contributed by atoms with van der Waals surface area (Å²) in [5.74, 6) is 4.48. The van der Waals surface area contributed by atoms with E-state index in [1.165, 1.54) is 4.90 Å². The summed E-state index contributed by atoms with van der Waals surface area (Å²) in [6.07, 6.45) is 0.106. The fraction of sp³-hybridized carbons (Fsp3) is 0.182. The summed E-state index contributed by atoms with van der Waals surface area (Å²) in [6.45, 7) is 0. The number of amides is 2. The summed E-state index contributed by atoms with van der Waals surface area (Å²) >= 11 is 1.01. The molecule has 0 spiro atoms. The van der Waals surface area contributed by atoms with Gasteiger partial charge in [0.15, 0.2) is 5.17 Å². The van der Waals surface area contributed by atoms with E-state index in [-0.39, 0.29) is 23.4 Å². The summed E-state index contributed by atoms with van der Waals surface area (Å²) in [7, 11) is 0. The minimum absolute atomic E-state index is 0.0936. The number of amidine groups is 1. The van der Waals surface area contributed by atoms with Gasteiger partial charge in [0, 0.05) is 6.42 Å². The maximum absolute atomic E-state index is 12.1. The molecule has 1 aliphatic rings. The molecule has 1 heterocycles. The first kappa shape index (κ1) is 12.4. The lowest BCUT2D eigenvalue weighted by Gasteiger charge is -2.14. The Morgan fingerprint density at radius 1 is 1.33 bits per heavy atom. The average Bonchev–Trinajstić information content (AvgIpc) is 2.65. The van der Waals surface area contributed by atoms with E-state index >= 15 is 0 Å². The van der Waals surface area contributed by atoms with Crippen LogP contribution in [0.3, 0.4) is 0 Å². The van der Waals surface area contributed by atoms with Crippen LogP contribution in [-0.2, 0) is 9.59 Å². The van der Waals surface area contributed by atoms with E-state index in [1.807, 2.05) is 6.07 Å². The molecule has 0 aliphatic carbocycles. The smallest absolute Gasteiger partial charge is 0.247 e. The fourth-order valence-electron chi connectivity index (χ4n) is 1.72. The second kappa shape index (κ2) is 5.09. The molecular formula is C11H12N4O2S. The molecule has 0 bridgehead atoms. The zero-order valence-electron chi connectivity index (χ0n) is 9.45. The van der Waals surface area contributed by atoms with Gasteiger partial charge in [-0.05, 0) is 12.1 Å². The number of hydrogen-bond donors (Lipinski definition) is 2. The van der Waals surface area contributed by atoms with Crippen LogP contribution in [0.5, 0.6) is 0 Å². The molecule has 0 aromatic heterocycles. The van der Waals surface area contributed by atoms with Gasteiger partial charge in [0.2, 0.25) is 11.8 Å². The fourth-order valence-corrected chi connectivity index (χ4v) is 2.51. The predicted octanol–water partition coefficient (Wildman–Crippen LogP) is 0.240. The van der Waals surface area contributed by atoms with E-state index in [0.29, 0.717) is 5.69 Å². The second-order valence-electron chi connectivity index (χ2n) is 3.68. The Kier molecular flexibility index (Phi) is 3.52. The Labute approximate surface area is 108 Å². The number of rotatable bonds is 2. The minimum Gasteiger partial charge on any atom is -0.377 e. The first-order chi connectivity index (χ1) is 8.63. The Morgan fingerprint density at radius 2 is 2.00 bits per heavy atom. The molecule has 94 valence electrons. The third-order valence-electron chi connectivity index (χ3n) is 2.51. The predicted molar refractivity (Wildman–Crippen MR) is 70.7 cm³/mol. The summed E-state index contributed by atoms with van der Waals surface area (Å²) < 4.78 is 0. The number of imide groups is 1. The standard InChI is InChI=1S/C11H12N4O2S/c12-11(14-13)18-8-6-9(16)15(10(8)17)7-4-2-1-3-5-7/h1-5,8H,6,13H2,(H2,12,14). The van der Waals surface area contributed by atoms with Crippen LogP contribution in [0.2, 0.25) is 0 Å². The van der Waals surface area contributed by atoms with Crippen molar-refractivity contribution in [2.45, 2.75) is 11.7 Å². The van der Waals surface area contributed by atoms with Crippen molar-refractivity contribution in [3.63, 3.8) is 0 Å². The lowest BCUT2D eigenvalue weighted by atomic mass is 10.3. The van der Waals surface area contributed by atoms with Crippen molar-refractivity contribution in [1.82, 2.24) is 0 Å². The van der Waals surface area contributed by atoms with Crippen LogP contribution < -0.4 is 16.5 Å². The van der Waals surface area contributed by atoms with Crippen LogP contribution in [0.4, 0.5) is 5.69 Å². The number of carbonyl (C=O) groups excluding carboxylic acids is 2. The van der Waals surface area contributed by atoms with Crippen LogP contribution in [0.25, 0.3) is 0 Å². The number of hydrogen-bond acceptors (Lipinski definition) is 5. The van der Waals surface area contributed by atoms with Gasteiger partial charge in [-0.25, -0.2) is 4.90 Å². The maximum Gasteiger partial charge on any atom is 0.247 e. The van der Waals surface area contributed by atoms with Gasteiger partial charge in [-0.2, -0.15) is 5.10 Å². The molecule has 1 aromatic rings. The first-order valence-electron chi connectivity index (χ1n) is 5.25. The van der Waals surface area contributed by atoms with Crippen molar-refractivity contribution in [1.29, 1.82) is 0 Å². The van der Waals surface area contributed by atoms with Crippen molar-refractivity contribution < 1.29 is 9.59 Å². The molecule has 1 aromatic carbocycles. The van der Waals surface area contributed by atoms with E-state index in [2.05, 4.69) is 5.10 Å². The number of nitrogens with zero attached hydrogens (tertiary/aromatic N) is 2. The zero-order valence-corrected chi connectivity index (χ0v) is 10.3. The lowest BCUT2D eigenvalue weighted by molar-refractivity contribution is -0.121. The molecule has 0 saturated carbocycles. The van der Waals surface area contributed by atoms with Crippen molar-refractivity contribution in [3.8, 4) is 0 Å². The van der Waals surface area contributed by atoms with Gasteiger partial charge in [0.25, 0.3) is 0 Å². The van der Waals surface area contributed by atoms with Crippen molar-refractivity contribution in [2.75, 3.05) is 4.90 Å². The number of anilines is 1. The Balaban J connectivity index is 2.20. The molecule has 4 N–H and O–H groups in total. The molecule has 1 atom stereocenters. The number of thioether (sulfide) groups is 1. The van der Waals surface area contributed by atoms with E-state index in [4.69, 9.17) is 11.6 Å². The molecule has 1 saturated heterocycles. The number of para-hydroxylation sites is 1. The van der Waals surface area contributed by atoms with Crippen molar-refractivity contribution in [3.05, 3.63) is 30.3 Å². The zero-order chi connectivity index (χ0) is 13.1. The summed E-state index contributed by atoms with van der Waals surface area (Å²) in [6, 6.07) is 8.78. The summed E-state index contributed by atoms with van der Waals surface area (Å²) in [5.41, 5.74) is 6.02. The van der Waals surface area contributed by atoms with E-state index in [0.717, 1.165) is 11.8 Å². The largest absolute Gasteiger partial charge is 0.377 e. The van der Waals surface area contributed by atoms with Crippen LogP contribution in [-0.4, -0.2) is 22.2 Å². The number of carbonyl (C=O) groups is 2. The molecule has 2 rings (SSSR count). The van der Waals surface area contributed by atoms with Gasteiger partial charge >= 0.3 is 0 Å². The molecule has 1 unspecified atom stereocenters. The van der Waals surface area contributed by atoms with E-state index in [9.17, 15) is 9.59 Å². The van der Waals surface area contributed by atoms with Gasteiger partial charge in [-0.1, -0.05) is 30.0 Å². The van der Waals surface area contributed by atoms with E-state index in [1.54, 1.807) is 24.3 Å². The molecule has 1 fully saturated rings. The summed E-state index contributed by atoms with van der Waals surface area (Å²) in [5, 5.41) is 2.83. The van der Waals surface area contributed by atoms with Gasteiger partial charge in [-0.3, -0.25) is 9.59 Å². The molecule has 6 nitrogen and oxygen atoms in total. The summed E-state index contributed by atoms with van der Waals surface area (Å²) in [4.78, 5) is 25.1. The number of hydrazone groups is 1.